The van der Waals surface area contributed by atoms with Gasteiger partial charge in [-0.25, -0.2) is 0 Å². The van der Waals surface area contributed by atoms with Gasteiger partial charge in [-0.2, -0.15) is 0 Å². The first-order valence-corrected chi connectivity index (χ1v) is 14.1. The minimum absolute atomic E-state index is 0.0467. The van der Waals surface area contributed by atoms with E-state index in [0.717, 1.165) is 56.2 Å². The molecule has 0 aromatic carbocycles. The van der Waals surface area contributed by atoms with Gasteiger partial charge in [0.15, 0.2) is 0 Å². The molecule has 5 nitrogen and oxygen atoms in total. The van der Waals surface area contributed by atoms with Crippen molar-refractivity contribution in [3.63, 3.8) is 0 Å². The van der Waals surface area contributed by atoms with Gasteiger partial charge < -0.3 is 14.8 Å². The lowest BCUT2D eigenvalue weighted by molar-refractivity contribution is -0.135. The highest BCUT2D eigenvalue weighted by Crippen LogP contribution is 2.39. The number of rotatable bonds is 4. The Labute approximate surface area is 201 Å². The molecule has 6 heteroatoms. The van der Waals surface area contributed by atoms with Crippen molar-refractivity contribution in [3.05, 3.63) is 22.7 Å². The summed E-state index contributed by atoms with van der Waals surface area (Å²) < 4.78 is 3.32. The van der Waals surface area contributed by atoms with Gasteiger partial charge in [0.25, 0.3) is 5.91 Å². The highest BCUT2D eigenvalue weighted by Gasteiger charge is 2.50. The number of amides is 2. The van der Waals surface area contributed by atoms with Crippen LogP contribution in [0.5, 0.6) is 0 Å². The average molecular weight is 470 g/mol. The van der Waals surface area contributed by atoms with E-state index in [-0.39, 0.29) is 23.9 Å². The summed E-state index contributed by atoms with van der Waals surface area (Å²) >= 11 is 1.78. The van der Waals surface area contributed by atoms with Crippen molar-refractivity contribution in [3.8, 4) is 0 Å². The number of thiophene rings is 1. The molecule has 2 aliphatic carbocycles. The number of aryl methyl sites for hydroxylation is 1. The number of carbonyl (C=O) groups excluding carboxylic acids is 2. The Morgan fingerprint density at radius 3 is 2.30 bits per heavy atom. The van der Waals surface area contributed by atoms with E-state index in [1.54, 1.807) is 11.3 Å². The third-order valence-electron chi connectivity index (χ3n) is 8.29. The van der Waals surface area contributed by atoms with E-state index in [1.807, 2.05) is 11.8 Å². The molecule has 2 fully saturated rings. The fourth-order valence-corrected chi connectivity index (χ4v) is 7.42. The van der Waals surface area contributed by atoms with Gasteiger partial charge in [0.1, 0.15) is 11.2 Å². The molecule has 2 saturated carbocycles. The number of nitrogens with zero attached hydrogens (tertiary/aromatic N) is 2. The van der Waals surface area contributed by atoms with E-state index >= 15 is 0 Å². The van der Waals surface area contributed by atoms with Crippen LogP contribution in [0.15, 0.2) is 12.1 Å². The average Bonchev–Trinajstić information content (AvgIpc) is 3.08. The van der Waals surface area contributed by atoms with Crippen LogP contribution >= 0.6 is 11.3 Å². The van der Waals surface area contributed by atoms with Crippen LogP contribution in [0.25, 0.3) is 10.2 Å². The topological polar surface area (TPSA) is 54.3 Å². The van der Waals surface area contributed by atoms with Crippen LogP contribution in [0.2, 0.25) is 0 Å². The van der Waals surface area contributed by atoms with Gasteiger partial charge in [-0.1, -0.05) is 58.3 Å². The number of hydrogen-bond donors (Lipinski definition) is 1. The normalized spacial score (nSPS) is 25.6. The molecule has 3 heterocycles. The molecule has 5 rings (SSSR count). The third kappa shape index (κ3) is 4.24. The molecule has 33 heavy (non-hydrogen) atoms. The van der Waals surface area contributed by atoms with Crippen molar-refractivity contribution in [1.29, 1.82) is 0 Å². The number of nitrogens with one attached hydrogen (secondary N) is 1. The summed E-state index contributed by atoms with van der Waals surface area (Å²) in [7, 11) is 0. The molecule has 2 amide bonds. The van der Waals surface area contributed by atoms with Gasteiger partial charge >= 0.3 is 0 Å². The number of fused-ring (bicyclic) bond motifs is 3. The second kappa shape index (κ2) is 9.44. The highest BCUT2D eigenvalue weighted by molar-refractivity contribution is 7.19. The fourth-order valence-electron chi connectivity index (χ4n) is 6.38. The molecule has 0 bridgehead atoms. The minimum atomic E-state index is -0.855. The van der Waals surface area contributed by atoms with Crippen LogP contribution < -0.4 is 5.32 Å². The van der Waals surface area contributed by atoms with Gasteiger partial charge in [-0.3, -0.25) is 9.59 Å². The first kappa shape index (κ1) is 22.9. The van der Waals surface area contributed by atoms with Gasteiger partial charge in [0.2, 0.25) is 5.91 Å². The standard InChI is InChI=1S/C27H39N3O2S/c1-3-21-16-22-24(33-21)17-23-25(31)30(20-14-10-6-7-11-15-20)27(2,18-29(22)23)26(32)28-19-12-8-4-5-9-13-19/h16-17,19-20H,3-15,18H2,1-2H3,(H,28,32). The van der Waals surface area contributed by atoms with E-state index in [0.29, 0.717) is 6.54 Å². The van der Waals surface area contributed by atoms with Crippen LogP contribution in [0, 0.1) is 0 Å². The molecule has 2 aromatic heterocycles. The zero-order chi connectivity index (χ0) is 23.0. The molecule has 3 aliphatic rings. The maximum atomic E-state index is 14.0. The maximum Gasteiger partial charge on any atom is 0.271 e. The Hall–Kier alpha value is -1.82. The van der Waals surface area contributed by atoms with Gasteiger partial charge in [-0.15, -0.1) is 11.3 Å². The molecule has 180 valence electrons. The molecule has 0 radical (unpaired) electrons. The highest BCUT2D eigenvalue weighted by atomic mass is 32.1. The summed E-state index contributed by atoms with van der Waals surface area (Å²) in [6.07, 6.45) is 14.8. The van der Waals surface area contributed by atoms with Crippen molar-refractivity contribution in [2.24, 2.45) is 0 Å². The Bertz CT molecular complexity index is 1010. The quantitative estimate of drug-likeness (QED) is 0.555. The van der Waals surface area contributed by atoms with E-state index in [1.165, 1.54) is 48.1 Å². The Kier molecular flexibility index (Phi) is 6.56. The molecule has 1 atom stereocenters. The lowest BCUT2D eigenvalue weighted by Crippen LogP contribution is -2.67. The van der Waals surface area contributed by atoms with Crippen LogP contribution in [0.3, 0.4) is 0 Å². The fraction of sp³-hybridized carbons (Fsp3) is 0.704. The van der Waals surface area contributed by atoms with Crippen LogP contribution in [0.4, 0.5) is 0 Å². The zero-order valence-electron chi connectivity index (χ0n) is 20.3. The Balaban J connectivity index is 1.53. The minimum Gasteiger partial charge on any atom is -0.351 e. The van der Waals surface area contributed by atoms with E-state index in [2.05, 4.69) is 28.9 Å². The molecule has 1 aliphatic heterocycles. The van der Waals surface area contributed by atoms with Crippen LogP contribution in [-0.4, -0.2) is 38.9 Å². The van der Waals surface area contributed by atoms with Crippen molar-refractivity contribution in [2.75, 3.05) is 0 Å². The first-order valence-electron chi connectivity index (χ1n) is 13.3. The molecule has 0 spiro atoms. The summed E-state index contributed by atoms with van der Waals surface area (Å²) in [5.74, 6) is 0.0959. The molecule has 0 saturated heterocycles. The molecule has 1 N–H and O–H groups in total. The monoisotopic (exact) mass is 469 g/mol. The van der Waals surface area contributed by atoms with Crippen molar-refractivity contribution in [1.82, 2.24) is 14.8 Å². The summed E-state index contributed by atoms with van der Waals surface area (Å²) in [4.78, 5) is 31.4. The third-order valence-corrected chi connectivity index (χ3v) is 9.51. The van der Waals surface area contributed by atoms with Gasteiger partial charge in [0.05, 0.1) is 16.8 Å². The van der Waals surface area contributed by atoms with E-state index in [4.69, 9.17) is 0 Å². The summed E-state index contributed by atoms with van der Waals surface area (Å²) in [5, 5.41) is 3.42. The Morgan fingerprint density at radius 2 is 1.67 bits per heavy atom. The molecular formula is C27H39N3O2S. The first-order chi connectivity index (χ1) is 16.0. The van der Waals surface area contributed by atoms with Crippen molar-refractivity contribution >= 4 is 33.4 Å². The lowest BCUT2D eigenvalue weighted by atomic mass is 9.89. The predicted octanol–water partition coefficient (Wildman–Crippen LogP) is 6.04. The number of aromatic nitrogens is 1. The van der Waals surface area contributed by atoms with Crippen LogP contribution in [-0.2, 0) is 17.8 Å². The SMILES string of the molecule is CCc1cc2c(cc3n2CC(C)(C(=O)NC2CCCCCC2)N(C2CCCCCC2)C3=O)s1. The number of hydrogen-bond acceptors (Lipinski definition) is 3. The summed E-state index contributed by atoms with van der Waals surface area (Å²) in [6, 6.07) is 4.69. The smallest absolute Gasteiger partial charge is 0.271 e. The molecule has 1 unspecified atom stereocenters. The van der Waals surface area contributed by atoms with E-state index < -0.39 is 5.54 Å². The molecular weight excluding hydrogens is 430 g/mol. The predicted molar refractivity (Wildman–Crippen MR) is 135 cm³/mol. The van der Waals surface area contributed by atoms with Gasteiger partial charge in [-0.05, 0) is 51.2 Å². The second-order valence-electron chi connectivity index (χ2n) is 10.7. The second-order valence-corrected chi connectivity index (χ2v) is 11.9. The van der Waals surface area contributed by atoms with E-state index in [9.17, 15) is 9.59 Å². The molecule has 2 aromatic rings. The van der Waals surface area contributed by atoms with Crippen molar-refractivity contribution in [2.45, 2.75) is 121 Å². The maximum absolute atomic E-state index is 14.0. The largest absolute Gasteiger partial charge is 0.351 e. The summed E-state index contributed by atoms with van der Waals surface area (Å²) in [6.45, 7) is 4.75. The van der Waals surface area contributed by atoms with Crippen LogP contribution in [0.1, 0.15) is 106 Å². The zero-order valence-corrected chi connectivity index (χ0v) is 21.1. The van der Waals surface area contributed by atoms with Crippen molar-refractivity contribution < 1.29 is 9.59 Å². The Morgan fingerprint density at radius 1 is 1.03 bits per heavy atom. The lowest BCUT2D eigenvalue weighted by Gasteiger charge is -2.48. The van der Waals surface area contributed by atoms with Gasteiger partial charge in [0, 0.05) is 17.0 Å². The summed E-state index contributed by atoms with van der Waals surface area (Å²) in [5.41, 5.74) is 1.03. The number of carbonyl (C=O) groups is 2.